The van der Waals surface area contributed by atoms with E-state index in [1.165, 1.54) is 5.56 Å². The van der Waals surface area contributed by atoms with E-state index in [0.29, 0.717) is 13.2 Å². The average molecular weight is 296 g/mol. The highest BCUT2D eigenvalue weighted by Crippen LogP contribution is 2.18. The fourth-order valence-corrected chi connectivity index (χ4v) is 2.53. The summed E-state index contributed by atoms with van der Waals surface area (Å²) < 4.78 is 7.38. The van der Waals surface area contributed by atoms with Crippen molar-refractivity contribution in [3.63, 3.8) is 0 Å². The van der Waals surface area contributed by atoms with Crippen LogP contribution in [0.5, 0.6) is 0 Å². The van der Waals surface area contributed by atoms with Gasteiger partial charge in [0.2, 0.25) is 0 Å². The molecule has 0 aliphatic heterocycles. The van der Waals surface area contributed by atoms with E-state index in [2.05, 4.69) is 44.9 Å². The van der Waals surface area contributed by atoms with Crippen LogP contribution in [0, 0.1) is 6.92 Å². The number of rotatable bonds is 5. The Labute approximate surface area is 129 Å². The third kappa shape index (κ3) is 2.86. The third-order valence-corrected chi connectivity index (χ3v) is 3.67. The number of benzene rings is 1. The number of nitrogens with zero attached hydrogens (tertiary/aromatic N) is 3. The fourth-order valence-electron chi connectivity index (χ4n) is 2.53. The predicted octanol–water partition coefficient (Wildman–Crippen LogP) is 2.39. The largest absolute Gasteiger partial charge is 0.377 e. The van der Waals surface area contributed by atoms with Crippen LogP contribution in [0.1, 0.15) is 22.5 Å². The Morgan fingerprint density at radius 2 is 1.91 bits per heavy atom. The molecule has 3 aromatic rings. The summed E-state index contributed by atoms with van der Waals surface area (Å²) in [5, 5.41) is 0. The van der Waals surface area contributed by atoms with Crippen molar-refractivity contribution in [2.24, 2.45) is 5.73 Å². The number of pyridine rings is 1. The van der Waals surface area contributed by atoms with Crippen LogP contribution in [0.3, 0.4) is 0 Å². The van der Waals surface area contributed by atoms with Gasteiger partial charge in [-0.2, -0.15) is 0 Å². The van der Waals surface area contributed by atoms with E-state index in [1.807, 2.05) is 13.1 Å². The summed E-state index contributed by atoms with van der Waals surface area (Å²) in [5.74, 6) is 0.888. The molecule has 1 aromatic carbocycles. The zero-order valence-corrected chi connectivity index (χ0v) is 12.9. The Morgan fingerprint density at radius 3 is 2.59 bits per heavy atom. The van der Waals surface area contributed by atoms with Crippen molar-refractivity contribution in [2.75, 3.05) is 7.11 Å². The van der Waals surface area contributed by atoms with Gasteiger partial charge in [0.1, 0.15) is 17.9 Å². The van der Waals surface area contributed by atoms with Gasteiger partial charge in [-0.3, -0.25) is 0 Å². The molecule has 0 amide bonds. The Balaban J connectivity index is 2.01. The number of aryl methyl sites for hydroxylation is 1. The van der Waals surface area contributed by atoms with Crippen LogP contribution in [-0.2, 0) is 24.4 Å². The second-order valence-electron chi connectivity index (χ2n) is 5.42. The van der Waals surface area contributed by atoms with Crippen molar-refractivity contribution in [1.29, 1.82) is 0 Å². The molecule has 5 heteroatoms. The molecule has 2 heterocycles. The number of ether oxygens (including phenoxy) is 1. The lowest BCUT2D eigenvalue weighted by atomic mass is 10.1. The highest BCUT2D eigenvalue weighted by Gasteiger charge is 2.12. The molecular formula is C17H20N4O. The third-order valence-electron chi connectivity index (χ3n) is 3.67. The molecule has 3 rings (SSSR count). The van der Waals surface area contributed by atoms with Crippen molar-refractivity contribution in [3.05, 3.63) is 59.0 Å². The smallest absolute Gasteiger partial charge is 0.160 e. The minimum Gasteiger partial charge on any atom is -0.377 e. The molecule has 2 aromatic heterocycles. The summed E-state index contributed by atoms with van der Waals surface area (Å²) in [6, 6.07) is 10.4. The number of hydrogen-bond acceptors (Lipinski definition) is 4. The van der Waals surface area contributed by atoms with Crippen molar-refractivity contribution in [2.45, 2.75) is 26.6 Å². The molecule has 5 nitrogen and oxygen atoms in total. The van der Waals surface area contributed by atoms with E-state index in [9.17, 15) is 0 Å². The van der Waals surface area contributed by atoms with E-state index < -0.39 is 0 Å². The van der Waals surface area contributed by atoms with Gasteiger partial charge in [-0.25, -0.2) is 9.97 Å². The van der Waals surface area contributed by atoms with Gasteiger partial charge < -0.3 is 15.0 Å². The molecule has 0 spiro atoms. The van der Waals surface area contributed by atoms with Crippen LogP contribution in [0.2, 0.25) is 0 Å². The van der Waals surface area contributed by atoms with Crippen LogP contribution < -0.4 is 5.73 Å². The molecule has 0 radical (unpaired) electrons. The minimum atomic E-state index is 0.469. The zero-order valence-electron chi connectivity index (χ0n) is 12.9. The number of imidazole rings is 1. The van der Waals surface area contributed by atoms with E-state index in [-0.39, 0.29) is 0 Å². The molecule has 0 saturated heterocycles. The lowest BCUT2D eigenvalue weighted by molar-refractivity contribution is 0.175. The maximum absolute atomic E-state index is 5.65. The standard InChI is InChI=1S/C17H20N4O/c1-12-7-15-17(19-9-12)21(16(20-15)11-22-2)10-14-5-3-13(8-18)4-6-14/h3-7,9H,8,10-11,18H2,1-2H3. The van der Waals surface area contributed by atoms with Gasteiger partial charge in [-0.1, -0.05) is 24.3 Å². The summed E-state index contributed by atoms with van der Waals surface area (Å²) >= 11 is 0. The maximum atomic E-state index is 5.65. The molecule has 22 heavy (non-hydrogen) atoms. The normalized spacial score (nSPS) is 11.2. The van der Waals surface area contributed by atoms with E-state index in [1.54, 1.807) is 7.11 Å². The molecule has 0 aliphatic rings. The summed E-state index contributed by atoms with van der Waals surface area (Å²) in [6.45, 7) is 3.77. The van der Waals surface area contributed by atoms with Crippen LogP contribution in [0.4, 0.5) is 0 Å². The van der Waals surface area contributed by atoms with Gasteiger partial charge in [0.05, 0.1) is 6.54 Å². The van der Waals surface area contributed by atoms with E-state index >= 15 is 0 Å². The number of fused-ring (bicyclic) bond motifs is 1. The summed E-state index contributed by atoms with van der Waals surface area (Å²) in [7, 11) is 1.68. The van der Waals surface area contributed by atoms with Gasteiger partial charge in [0.25, 0.3) is 0 Å². The monoisotopic (exact) mass is 296 g/mol. The topological polar surface area (TPSA) is 66.0 Å². The SMILES string of the molecule is COCc1nc2cc(C)cnc2n1Cc1ccc(CN)cc1. The summed E-state index contributed by atoms with van der Waals surface area (Å²) in [4.78, 5) is 9.19. The Hall–Kier alpha value is -2.24. The number of methoxy groups -OCH3 is 1. The van der Waals surface area contributed by atoms with Gasteiger partial charge >= 0.3 is 0 Å². The molecule has 0 unspecified atom stereocenters. The Kier molecular flexibility index (Phi) is 4.18. The number of aromatic nitrogens is 3. The second kappa shape index (κ2) is 6.25. The van der Waals surface area contributed by atoms with Gasteiger partial charge in [0, 0.05) is 19.9 Å². The second-order valence-corrected chi connectivity index (χ2v) is 5.42. The van der Waals surface area contributed by atoms with Crippen LogP contribution in [0.15, 0.2) is 36.5 Å². The van der Waals surface area contributed by atoms with Crippen molar-refractivity contribution >= 4 is 11.2 Å². The van der Waals surface area contributed by atoms with E-state index in [4.69, 9.17) is 10.5 Å². The molecule has 0 atom stereocenters. The quantitative estimate of drug-likeness (QED) is 0.785. The van der Waals surface area contributed by atoms with Crippen LogP contribution >= 0.6 is 0 Å². The first-order chi connectivity index (χ1) is 10.7. The van der Waals surface area contributed by atoms with Crippen LogP contribution in [-0.4, -0.2) is 21.6 Å². The molecule has 0 saturated carbocycles. The maximum Gasteiger partial charge on any atom is 0.160 e. The zero-order chi connectivity index (χ0) is 15.5. The van der Waals surface area contributed by atoms with Crippen LogP contribution in [0.25, 0.3) is 11.2 Å². The summed E-state index contributed by atoms with van der Waals surface area (Å²) in [5.41, 5.74) is 10.9. The van der Waals surface area contributed by atoms with E-state index in [0.717, 1.165) is 34.7 Å². The molecule has 0 bridgehead atoms. The van der Waals surface area contributed by atoms with Gasteiger partial charge in [-0.15, -0.1) is 0 Å². The summed E-state index contributed by atoms with van der Waals surface area (Å²) in [6.07, 6.45) is 1.87. The average Bonchev–Trinajstić information content (AvgIpc) is 2.85. The lowest BCUT2D eigenvalue weighted by Gasteiger charge is -2.09. The van der Waals surface area contributed by atoms with Crippen molar-refractivity contribution in [3.8, 4) is 0 Å². The first kappa shape index (κ1) is 14.7. The first-order valence-corrected chi connectivity index (χ1v) is 7.30. The highest BCUT2D eigenvalue weighted by atomic mass is 16.5. The molecular weight excluding hydrogens is 276 g/mol. The molecule has 0 aliphatic carbocycles. The molecule has 2 N–H and O–H groups in total. The highest BCUT2D eigenvalue weighted by molar-refractivity contribution is 5.72. The molecule has 0 fully saturated rings. The van der Waals surface area contributed by atoms with Crippen molar-refractivity contribution in [1.82, 2.24) is 14.5 Å². The Morgan fingerprint density at radius 1 is 1.18 bits per heavy atom. The van der Waals surface area contributed by atoms with Gasteiger partial charge in [0.15, 0.2) is 5.65 Å². The minimum absolute atomic E-state index is 0.469. The Bertz CT molecular complexity index is 777. The van der Waals surface area contributed by atoms with Gasteiger partial charge in [-0.05, 0) is 29.7 Å². The lowest BCUT2D eigenvalue weighted by Crippen LogP contribution is -2.07. The molecule has 114 valence electrons. The fraction of sp³-hybridized carbons (Fsp3) is 0.294. The first-order valence-electron chi connectivity index (χ1n) is 7.30. The number of nitrogens with two attached hydrogens (primary N) is 1. The number of hydrogen-bond donors (Lipinski definition) is 1. The predicted molar refractivity (Wildman–Crippen MR) is 86.4 cm³/mol. The van der Waals surface area contributed by atoms with Crippen molar-refractivity contribution < 1.29 is 4.74 Å².